The van der Waals surface area contributed by atoms with E-state index >= 15 is 0 Å². The van der Waals surface area contributed by atoms with E-state index in [1.54, 1.807) is 6.20 Å². The van der Waals surface area contributed by atoms with Gasteiger partial charge in [0.25, 0.3) is 0 Å². The van der Waals surface area contributed by atoms with Gasteiger partial charge in [0.2, 0.25) is 0 Å². The van der Waals surface area contributed by atoms with E-state index in [-0.39, 0.29) is 0 Å². The first-order valence-corrected chi connectivity index (χ1v) is 6.61. The van der Waals surface area contributed by atoms with Crippen molar-refractivity contribution in [1.29, 1.82) is 0 Å². The predicted octanol–water partition coefficient (Wildman–Crippen LogP) is 4.33. The van der Waals surface area contributed by atoms with E-state index in [1.807, 2.05) is 48.2 Å². The third kappa shape index (κ3) is 3.46. The molecule has 5 heteroatoms. The molecular weight excluding hydrogens is 281 g/mol. The van der Waals surface area contributed by atoms with Gasteiger partial charge in [0.15, 0.2) is 5.82 Å². The Morgan fingerprint density at radius 1 is 1.26 bits per heavy atom. The SMILES string of the molecule is Cc1nc(N(CC=CCl)c2ccccc2)cnc1Cl. The minimum Gasteiger partial charge on any atom is -0.321 e. The van der Waals surface area contributed by atoms with E-state index in [0.29, 0.717) is 17.4 Å². The van der Waals surface area contributed by atoms with Gasteiger partial charge < -0.3 is 4.90 Å². The molecule has 0 spiro atoms. The third-order valence-corrected chi connectivity index (χ3v) is 3.14. The van der Waals surface area contributed by atoms with Gasteiger partial charge in [0.05, 0.1) is 11.9 Å². The maximum atomic E-state index is 5.91. The van der Waals surface area contributed by atoms with Crippen molar-refractivity contribution < 1.29 is 0 Å². The molecule has 0 aliphatic heterocycles. The van der Waals surface area contributed by atoms with Gasteiger partial charge in [-0.15, -0.1) is 0 Å². The van der Waals surface area contributed by atoms with Gasteiger partial charge in [0.1, 0.15) is 5.15 Å². The van der Waals surface area contributed by atoms with Crippen LogP contribution in [0, 0.1) is 6.92 Å². The van der Waals surface area contributed by atoms with Crippen LogP contribution in [0.3, 0.4) is 0 Å². The van der Waals surface area contributed by atoms with Gasteiger partial charge >= 0.3 is 0 Å². The Hall–Kier alpha value is -1.58. The summed E-state index contributed by atoms with van der Waals surface area (Å²) in [6, 6.07) is 9.94. The van der Waals surface area contributed by atoms with Crippen molar-refractivity contribution in [2.75, 3.05) is 11.4 Å². The number of benzene rings is 1. The van der Waals surface area contributed by atoms with Crippen LogP contribution >= 0.6 is 23.2 Å². The lowest BCUT2D eigenvalue weighted by Crippen LogP contribution is -2.18. The van der Waals surface area contributed by atoms with Crippen molar-refractivity contribution in [2.24, 2.45) is 0 Å². The highest BCUT2D eigenvalue weighted by Crippen LogP contribution is 2.24. The highest BCUT2D eigenvalue weighted by Gasteiger charge is 2.10. The molecule has 2 rings (SSSR count). The molecule has 0 aliphatic rings. The first-order valence-electron chi connectivity index (χ1n) is 5.79. The van der Waals surface area contributed by atoms with Crippen LogP contribution in [0.2, 0.25) is 5.15 Å². The summed E-state index contributed by atoms with van der Waals surface area (Å²) in [5, 5.41) is 0.421. The molecule has 0 saturated heterocycles. The largest absolute Gasteiger partial charge is 0.321 e. The summed E-state index contributed by atoms with van der Waals surface area (Å²) in [6.45, 7) is 2.45. The summed E-state index contributed by atoms with van der Waals surface area (Å²) < 4.78 is 0. The average Bonchev–Trinajstić information content (AvgIpc) is 2.44. The zero-order valence-corrected chi connectivity index (χ0v) is 11.9. The second-order valence-electron chi connectivity index (χ2n) is 3.91. The van der Waals surface area contributed by atoms with E-state index in [2.05, 4.69) is 9.97 Å². The van der Waals surface area contributed by atoms with Crippen molar-refractivity contribution in [1.82, 2.24) is 9.97 Å². The van der Waals surface area contributed by atoms with Crippen molar-refractivity contribution in [3.63, 3.8) is 0 Å². The molecule has 0 aliphatic carbocycles. The molecule has 0 saturated carbocycles. The van der Waals surface area contributed by atoms with Crippen LogP contribution in [0.5, 0.6) is 0 Å². The first-order chi connectivity index (χ1) is 9.22. The van der Waals surface area contributed by atoms with E-state index in [0.717, 1.165) is 11.5 Å². The second-order valence-corrected chi connectivity index (χ2v) is 4.52. The number of anilines is 2. The normalized spacial score (nSPS) is 10.9. The zero-order valence-electron chi connectivity index (χ0n) is 10.4. The number of rotatable bonds is 4. The van der Waals surface area contributed by atoms with Gasteiger partial charge in [-0.2, -0.15) is 0 Å². The maximum Gasteiger partial charge on any atom is 0.152 e. The lowest BCUT2D eigenvalue weighted by molar-refractivity contribution is 1.00. The Kier molecular flexibility index (Phi) is 4.77. The van der Waals surface area contributed by atoms with Gasteiger partial charge in [-0.3, -0.25) is 0 Å². The molecule has 0 N–H and O–H groups in total. The quantitative estimate of drug-likeness (QED) is 0.840. The highest BCUT2D eigenvalue weighted by molar-refractivity contribution is 6.30. The fourth-order valence-electron chi connectivity index (χ4n) is 1.67. The molecule has 2 aromatic rings. The summed E-state index contributed by atoms with van der Waals surface area (Å²) in [6.07, 6.45) is 3.50. The molecule has 1 heterocycles. The fraction of sp³-hybridized carbons (Fsp3) is 0.143. The molecular formula is C14H13Cl2N3. The number of hydrogen-bond acceptors (Lipinski definition) is 3. The second kappa shape index (κ2) is 6.55. The van der Waals surface area contributed by atoms with Gasteiger partial charge in [-0.05, 0) is 19.1 Å². The Morgan fingerprint density at radius 2 is 2.00 bits per heavy atom. The summed E-state index contributed by atoms with van der Waals surface area (Å²) in [5.41, 5.74) is 3.22. The molecule has 19 heavy (non-hydrogen) atoms. The summed E-state index contributed by atoms with van der Waals surface area (Å²) in [5.74, 6) is 0.739. The molecule has 0 atom stereocenters. The molecule has 0 fully saturated rings. The minimum absolute atomic E-state index is 0.421. The molecule has 3 nitrogen and oxygen atoms in total. The minimum atomic E-state index is 0.421. The van der Waals surface area contributed by atoms with Crippen LogP contribution in [-0.4, -0.2) is 16.5 Å². The summed E-state index contributed by atoms with van der Waals surface area (Å²) in [4.78, 5) is 10.6. The molecule has 0 bridgehead atoms. The Morgan fingerprint density at radius 3 is 2.63 bits per heavy atom. The van der Waals surface area contributed by atoms with Gasteiger partial charge in [-0.1, -0.05) is 47.5 Å². The number of halogens is 2. The molecule has 1 aromatic heterocycles. The van der Waals surface area contributed by atoms with E-state index in [1.165, 1.54) is 5.54 Å². The van der Waals surface area contributed by atoms with Crippen molar-refractivity contribution in [3.05, 3.63) is 59.0 Å². The Bertz CT molecular complexity index is 570. The number of aryl methyl sites for hydroxylation is 1. The first kappa shape index (κ1) is 13.8. The number of para-hydroxylation sites is 1. The molecule has 1 aromatic carbocycles. The molecule has 0 radical (unpaired) electrons. The smallest absolute Gasteiger partial charge is 0.152 e. The van der Waals surface area contributed by atoms with E-state index in [9.17, 15) is 0 Å². The highest BCUT2D eigenvalue weighted by atomic mass is 35.5. The molecule has 98 valence electrons. The number of aromatic nitrogens is 2. The topological polar surface area (TPSA) is 29.0 Å². The third-order valence-electron chi connectivity index (χ3n) is 2.60. The van der Waals surface area contributed by atoms with Gasteiger partial charge in [0, 0.05) is 17.8 Å². The maximum absolute atomic E-state index is 5.91. The van der Waals surface area contributed by atoms with Crippen LogP contribution in [-0.2, 0) is 0 Å². The monoisotopic (exact) mass is 293 g/mol. The Balaban J connectivity index is 2.39. The Labute approximate surface area is 122 Å². The predicted molar refractivity (Wildman–Crippen MR) is 80.2 cm³/mol. The van der Waals surface area contributed by atoms with Crippen molar-refractivity contribution >= 4 is 34.7 Å². The van der Waals surface area contributed by atoms with E-state index in [4.69, 9.17) is 23.2 Å². The lowest BCUT2D eigenvalue weighted by atomic mass is 10.3. The number of nitrogens with zero attached hydrogens (tertiary/aromatic N) is 3. The number of hydrogen-bond donors (Lipinski definition) is 0. The zero-order chi connectivity index (χ0) is 13.7. The summed E-state index contributed by atoms with van der Waals surface area (Å²) >= 11 is 11.5. The van der Waals surface area contributed by atoms with Crippen molar-refractivity contribution in [3.8, 4) is 0 Å². The average molecular weight is 294 g/mol. The molecule has 0 amide bonds. The van der Waals surface area contributed by atoms with Crippen LogP contribution in [0.15, 0.2) is 48.1 Å². The summed E-state index contributed by atoms with van der Waals surface area (Å²) in [7, 11) is 0. The van der Waals surface area contributed by atoms with Crippen molar-refractivity contribution in [2.45, 2.75) is 6.92 Å². The molecule has 0 unspecified atom stereocenters. The van der Waals surface area contributed by atoms with Gasteiger partial charge in [-0.25, -0.2) is 9.97 Å². The standard InChI is InChI=1S/C14H13Cl2N3/c1-11-14(16)17-10-13(18-11)19(9-5-8-15)12-6-3-2-4-7-12/h2-8,10H,9H2,1H3. The van der Waals surface area contributed by atoms with Crippen LogP contribution < -0.4 is 4.90 Å². The van der Waals surface area contributed by atoms with Crippen LogP contribution in [0.4, 0.5) is 11.5 Å². The lowest BCUT2D eigenvalue weighted by Gasteiger charge is -2.22. The van der Waals surface area contributed by atoms with Crippen LogP contribution in [0.1, 0.15) is 5.69 Å². The van der Waals surface area contributed by atoms with Crippen LogP contribution in [0.25, 0.3) is 0 Å². The van der Waals surface area contributed by atoms with E-state index < -0.39 is 0 Å². The fourth-order valence-corrected chi connectivity index (χ4v) is 1.84.